The first kappa shape index (κ1) is 64.3. The molecule has 0 bridgehead atoms. The summed E-state index contributed by atoms with van der Waals surface area (Å²) in [5.41, 5.74) is 0. The van der Waals surface area contributed by atoms with Crippen LogP contribution in [0.15, 0.2) is 36.5 Å². The molecule has 420 valence electrons. The largest absolute Gasteiger partial charge is 0.394 e. The molecule has 19 heteroatoms. The van der Waals surface area contributed by atoms with Crippen molar-refractivity contribution < 1.29 is 89.4 Å². The minimum Gasteiger partial charge on any atom is -0.394 e. The van der Waals surface area contributed by atoms with E-state index >= 15 is 0 Å². The smallest absolute Gasteiger partial charge is 0.220 e. The second kappa shape index (κ2) is 37.7. The minimum absolute atomic E-state index is 0.234. The topological polar surface area (TPSA) is 307 Å². The van der Waals surface area contributed by atoms with Gasteiger partial charge in [-0.25, -0.2) is 0 Å². The lowest BCUT2D eigenvalue weighted by Crippen LogP contribution is -2.66. The van der Waals surface area contributed by atoms with Crippen molar-refractivity contribution in [2.45, 2.75) is 266 Å². The molecule has 12 N–H and O–H groups in total. The normalized spacial score (nSPS) is 32.3. The van der Waals surface area contributed by atoms with Gasteiger partial charge in [-0.15, -0.1) is 0 Å². The summed E-state index contributed by atoms with van der Waals surface area (Å²) in [6, 6.07) is -0.974. The maximum Gasteiger partial charge on any atom is 0.220 e. The molecule has 3 saturated heterocycles. The van der Waals surface area contributed by atoms with Crippen molar-refractivity contribution in [1.29, 1.82) is 0 Å². The number of rotatable bonds is 38. The SMILES string of the molecule is CCCCC/C=C\C/C=C\CCCCCCCCCC(=O)NC(COC1OC(CO)C(OC2OC(CO)C(OC3OC(CO)C(O)C(O)C3O)C(O)C2O)C(O)C1O)C(O)/C=C/CCCCCCCCCC. The van der Waals surface area contributed by atoms with Crippen LogP contribution < -0.4 is 5.32 Å². The molecule has 72 heavy (non-hydrogen) atoms. The predicted octanol–water partition coefficient (Wildman–Crippen LogP) is 2.98. The van der Waals surface area contributed by atoms with Crippen LogP contribution in [-0.4, -0.2) is 193 Å². The van der Waals surface area contributed by atoms with Crippen molar-refractivity contribution >= 4 is 5.91 Å². The van der Waals surface area contributed by atoms with Crippen LogP contribution >= 0.6 is 0 Å². The highest BCUT2D eigenvalue weighted by molar-refractivity contribution is 5.76. The first-order chi connectivity index (χ1) is 34.8. The summed E-state index contributed by atoms with van der Waals surface area (Å²) in [7, 11) is 0. The molecule has 17 atom stereocenters. The van der Waals surface area contributed by atoms with Gasteiger partial charge in [-0.2, -0.15) is 0 Å². The Balaban J connectivity index is 1.53. The Morgan fingerprint density at radius 3 is 1.44 bits per heavy atom. The number of carbonyl (C=O) groups excluding carboxylic acids is 1. The fourth-order valence-corrected chi connectivity index (χ4v) is 9.10. The molecule has 0 aromatic carbocycles. The summed E-state index contributed by atoms with van der Waals surface area (Å²) in [6.07, 6.45) is 10.0. The van der Waals surface area contributed by atoms with Crippen LogP contribution in [0.2, 0.25) is 0 Å². The van der Waals surface area contributed by atoms with Gasteiger partial charge >= 0.3 is 0 Å². The van der Waals surface area contributed by atoms with Crippen LogP contribution in [0.4, 0.5) is 0 Å². The zero-order valence-electron chi connectivity index (χ0n) is 43.1. The Kier molecular flexibility index (Phi) is 33.7. The summed E-state index contributed by atoms with van der Waals surface area (Å²) >= 11 is 0. The number of amides is 1. The van der Waals surface area contributed by atoms with Gasteiger partial charge in [0, 0.05) is 6.42 Å². The summed E-state index contributed by atoms with van der Waals surface area (Å²) in [5, 5.41) is 120. The summed E-state index contributed by atoms with van der Waals surface area (Å²) in [6.45, 7) is 1.63. The molecule has 0 aromatic heterocycles. The third-order valence-electron chi connectivity index (χ3n) is 13.7. The summed E-state index contributed by atoms with van der Waals surface area (Å²) < 4.78 is 34.1. The number of nitrogens with one attached hydrogen (secondary N) is 1. The van der Waals surface area contributed by atoms with E-state index in [9.17, 15) is 61.0 Å². The number of carbonyl (C=O) groups is 1. The molecular weight excluding hydrogens is 939 g/mol. The molecule has 0 aliphatic carbocycles. The van der Waals surface area contributed by atoms with Gasteiger partial charge in [-0.05, 0) is 51.4 Å². The standard InChI is InChI=1S/C53H95NO18/c1-3-5-7-9-11-13-15-16-17-18-19-20-21-23-25-27-29-31-41(59)54-36(37(58)30-28-26-24-22-14-12-10-8-6-4-2)35-67-51-47(65)44(62)49(39(33-56)69-51)72-53-48(66)45(63)50(40(34-57)70-53)71-52-46(64)43(61)42(60)38(32-55)68-52/h11,13,16-17,28,30,36-40,42-53,55-58,60-66H,3-10,12,14-15,18-27,29,31-35H2,1-2H3,(H,54,59)/b13-11-,17-16-,30-28+. The lowest BCUT2D eigenvalue weighted by molar-refractivity contribution is -0.379. The maximum absolute atomic E-state index is 13.2. The number of ether oxygens (including phenoxy) is 6. The van der Waals surface area contributed by atoms with Crippen molar-refractivity contribution in [1.82, 2.24) is 5.32 Å². The second-order valence-electron chi connectivity index (χ2n) is 19.7. The molecule has 3 aliphatic heterocycles. The monoisotopic (exact) mass is 1030 g/mol. The van der Waals surface area contributed by atoms with E-state index in [2.05, 4.69) is 43.5 Å². The molecule has 0 spiro atoms. The van der Waals surface area contributed by atoms with E-state index in [1.54, 1.807) is 6.08 Å². The fourth-order valence-electron chi connectivity index (χ4n) is 9.10. The van der Waals surface area contributed by atoms with Gasteiger partial charge in [0.15, 0.2) is 18.9 Å². The van der Waals surface area contributed by atoms with Crippen LogP contribution in [0.25, 0.3) is 0 Å². The molecule has 0 saturated carbocycles. The molecule has 3 fully saturated rings. The highest BCUT2D eigenvalue weighted by Gasteiger charge is 2.53. The van der Waals surface area contributed by atoms with E-state index in [-0.39, 0.29) is 18.9 Å². The van der Waals surface area contributed by atoms with Crippen molar-refractivity contribution in [3.63, 3.8) is 0 Å². The van der Waals surface area contributed by atoms with Crippen LogP contribution in [-0.2, 0) is 33.2 Å². The highest BCUT2D eigenvalue weighted by Crippen LogP contribution is 2.33. The first-order valence-electron chi connectivity index (χ1n) is 27.2. The van der Waals surface area contributed by atoms with Crippen LogP contribution in [0.5, 0.6) is 0 Å². The van der Waals surface area contributed by atoms with E-state index in [0.717, 1.165) is 83.5 Å². The third-order valence-corrected chi connectivity index (χ3v) is 13.7. The van der Waals surface area contributed by atoms with Gasteiger partial charge < -0.3 is 89.9 Å². The number of aliphatic hydroxyl groups is 11. The third kappa shape index (κ3) is 22.7. The molecule has 3 aliphatic rings. The van der Waals surface area contributed by atoms with E-state index in [1.807, 2.05) is 6.08 Å². The van der Waals surface area contributed by atoms with Gasteiger partial charge in [0.1, 0.15) is 73.2 Å². The quantitative estimate of drug-likeness (QED) is 0.0313. The average Bonchev–Trinajstić information content (AvgIpc) is 3.37. The van der Waals surface area contributed by atoms with Gasteiger partial charge in [-0.3, -0.25) is 4.79 Å². The molecular formula is C53H95NO18. The van der Waals surface area contributed by atoms with Crippen LogP contribution in [0.3, 0.4) is 0 Å². The molecule has 17 unspecified atom stereocenters. The Morgan fingerprint density at radius 2 is 0.917 bits per heavy atom. The zero-order chi connectivity index (χ0) is 52.7. The first-order valence-corrected chi connectivity index (χ1v) is 27.2. The predicted molar refractivity (Wildman–Crippen MR) is 268 cm³/mol. The summed E-state index contributed by atoms with van der Waals surface area (Å²) in [5.74, 6) is -0.288. The van der Waals surface area contributed by atoms with Crippen molar-refractivity contribution in [2.75, 3.05) is 26.4 Å². The molecule has 0 aromatic rings. The van der Waals surface area contributed by atoms with Crippen LogP contribution in [0, 0.1) is 0 Å². The molecule has 19 nitrogen and oxygen atoms in total. The second-order valence-corrected chi connectivity index (χ2v) is 19.7. The molecule has 1 amide bonds. The Labute approximate surface area is 428 Å². The molecule has 0 radical (unpaired) electrons. The number of aliphatic hydroxyl groups excluding tert-OH is 11. The number of hydrogen-bond acceptors (Lipinski definition) is 18. The molecule has 3 rings (SSSR count). The van der Waals surface area contributed by atoms with E-state index in [4.69, 9.17) is 28.4 Å². The zero-order valence-corrected chi connectivity index (χ0v) is 43.1. The lowest BCUT2D eigenvalue weighted by Gasteiger charge is -2.48. The van der Waals surface area contributed by atoms with Gasteiger partial charge in [0.05, 0.1) is 38.6 Å². The number of unbranched alkanes of at least 4 members (excludes halogenated alkanes) is 18. The maximum atomic E-state index is 13.2. The number of allylic oxidation sites excluding steroid dienone is 5. The van der Waals surface area contributed by atoms with Gasteiger partial charge in [0.25, 0.3) is 0 Å². The highest BCUT2D eigenvalue weighted by atomic mass is 16.8. The van der Waals surface area contributed by atoms with Gasteiger partial charge in [-0.1, -0.05) is 140 Å². The minimum atomic E-state index is -1.98. The summed E-state index contributed by atoms with van der Waals surface area (Å²) in [4.78, 5) is 13.2. The fraction of sp³-hybridized carbons (Fsp3) is 0.868. The van der Waals surface area contributed by atoms with Crippen molar-refractivity contribution in [2.24, 2.45) is 0 Å². The van der Waals surface area contributed by atoms with Crippen molar-refractivity contribution in [3.8, 4) is 0 Å². The van der Waals surface area contributed by atoms with E-state index < -0.39 is 124 Å². The van der Waals surface area contributed by atoms with Gasteiger partial charge in [0.2, 0.25) is 5.91 Å². The Morgan fingerprint density at radius 1 is 0.500 bits per heavy atom. The average molecular weight is 1030 g/mol. The van der Waals surface area contributed by atoms with Crippen LogP contribution in [0.1, 0.15) is 162 Å². The van der Waals surface area contributed by atoms with E-state index in [0.29, 0.717) is 6.42 Å². The Hall–Kier alpha value is -1.99. The number of hydrogen-bond donors (Lipinski definition) is 12. The van der Waals surface area contributed by atoms with E-state index in [1.165, 1.54) is 51.4 Å². The molecule has 3 heterocycles. The lowest BCUT2D eigenvalue weighted by atomic mass is 9.96. The Bertz CT molecular complexity index is 1470. The van der Waals surface area contributed by atoms with Crippen molar-refractivity contribution in [3.05, 3.63) is 36.5 Å².